The van der Waals surface area contributed by atoms with E-state index in [4.69, 9.17) is 5.73 Å². The lowest BCUT2D eigenvalue weighted by molar-refractivity contribution is -0.121. The van der Waals surface area contributed by atoms with E-state index in [-0.39, 0.29) is 11.9 Å². The van der Waals surface area contributed by atoms with Crippen molar-refractivity contribution in [1.29, 1.82) is 0 Å². The smallest absolute Gasteiger partial charge is 0.235 e. The van der Waals surface area contributed by atoms with Crippen molar-refractivity contribution in [2.24, 2.45) is 5.73 Å². The molecule has 2 aliphatic heterocycles. The summed E-state index contributed by atoms with van der Waals surface area (Å²) >= 11 is 0. The molecule has 2 aliphatic rings. The fourth-order valence-electron chi connectivity index (χ4n) is 3.40. The van der Waals surface area contributed by atoms with Crippen LogP contribution in [-0.4, -0.2) is 66.6 Å². The second-order valence-corrected chi connectivity index (χ2v) is 5.96. The molecule has 3 atom stereocenters. The number of piperazine rings is 1. The highest BCUT2D eigenvalue weighted by Gasteiger charge is 2.34. The van der Waals surface area contributed by atoms with Crippen LogP contribution in [0.1, 0.15) is 33.1 Å². The van der Waals surface area contributed by atoms with E-state index in [0.717, 1.165) is 26.2 Å². The van der Waals surface area contributed by atoms with Crippen LogP contribution in [0.15, 0.2) is 0 Å². The average molecular weight is 268 g/mol. The highest BCUT2D eigenvalue weighted by molar-refractivity contribution is 5.80. The van der Waals surface area contributed by atoms with Crippen molar-refractivity contribution in [2.75, 3.05) is 32.7 Å². The second kappa shape index (κ2) is 6.68. The molecule has 1 amide bonds. The van der Waals surface area contributed by atoms with E-state index in [9.17, 15) is 4.79 Å². The molecule has 3 unspecified atom stereocenters. The third kappa shape index (κ3) is 3.68. The number of hydrogen-bond donors (Lipinski definition) is 2. The van der Waals surface area contributed by atoms with Gasteiger partial charge >= 0.3 is 0 Å². The Hall–Kier alpha value is -0.650. The van der Waals surface area contributed by atoms with Crippen molar-refractivity contribution >= 4 is 5.91 Å². The van der Waals surface area contributed by atoms with E-state index in [2.05, 4.69) is 22.0 Å². The van der Waals surface area contributed by atoms with Crippen LogP contribution in [0, 0.1) is 0 Å². The zero-order valence-electron chi connectivity index (χ0n) is 12.3. The molecular weight excluding hydrogens is 240 g/mol. The number of likely N-dealkylation sites (N-methyl/N-ethyl adjacent to an activating group) is 1. The third-order valence-corrected chi connectivity index (χ3v) is 4.53. The molecule has 2 heterocycles. The predicted molar refractivity (Wildman–Crippen MR) is 76.9 cm³/mol. The van der Waals surface area contributed by atoms with E-state index < -0.39 is 0 Å². The minimum Gasteiger partial charge on any atom is -0.368 e. The van der Waals surface area contributed by atoms with Crippen molar-refractivity contribution in [2.45, 2.75) is 51.2 Å². The molecule has 2 rings (SSSR count). The first-order valence-corrected chi connectivity index (χ1v) is 7.62. The number of carbonyl (C=O) groups excluding carboxylic acids is 1. The maximum atomic E-state index is 11.5. The number of nitrogens with two attached hydrogens (primary N) is 1. The predicted octanol–water partition coefficient (Wildman–Crippen LogP) is 0.00840. The number of amides is 1. The first-order valence-electron chi connectivity index (χ1n) is 7.62. The zero-order chi connectivity index (χ0) is 13.8. The lowest BCUT2D eigenvalue weighted by atomic mass is 9.96. The number of fused-ring (bicyclic) bond motifs is 1. The summed E-state index contributed by atoms with van der Waals surface area (Å²) in [6, 6.07) is 0.970. The quantitative estimate of drug-likeness (QED) is 0.737. The van der Waals surface area contributed by atoms with Crippen LogP contribution in [0.25, 0.3) is 0 Å². The summed E-state index contributed by atoms with van der Waals surface area (Å²) < 4.78 is 0. The van der Waals surface area contributed by atoms with Crippen LogP contribution in [-0.2, 0) is 4.79 Å². The summed E-state index contributed by atoms with van der Waals surface area (Å²) in [7, 11) is 0. The molecule has 2 fully saturated rings. The number of rotatable bonds is 5. The number of carbonyl (C=O) groups is 1. The number of piperidine rings is 1. The normalized spacial score (nSPS) is 30.8. The Kier molecular flexibility index (Phi) is 5.19. The van der Waals surface area contributed by atoms with E-state index in [1.165, 1.54) is 25.8 Å². The molecule has 0 aromatic heterocycles. The first kappa shape index (κ1) is 14.8. The summed E-state index contributed by atoms with van der Waals surface area (Å²) in [6.07, 6.45) is 3.98. The Balaban J connectivity index is 1.93. The van der Waals surface area contributed by atoms with Crippen LogP contribution in [0.2, 0.25) is 0 Å². The molecule has 0 radical (unpaired) electrons. The maximum absolute atomic E-state index is 11.5. The van der Waals surface area contributed by atoms with Gasteiger partial charge in [0.1, 0.15) is 0 Å². The fourth-order valence-corrected chi connectivity index (χ4v) is 3.40. The van der Waals surface area contributed by atoms with Gasteiger partial charge in [-0.1, -0.05) is 13.3 Å². The molecule has 0 bridgehead atoms. The van der Waals surface area contributed by atoms with Crippen molar-refractivity contribution in [3.05, 3.63) is 0 Å². The minimum absolute atomic E-state index is 0.220. The van der Waals surface area contributed by atoms with Gasteiger partial charge in [-0.2, -0.15) is 0 Å². The number of nitrogens with one attached hydrogen (secondary N) is 1. The summed E-state index contributed by atoms with van der Waals surface area (Å²) in [4.78, 5) is 16.5. The first-order chi connectivity index (χ1) is 9.11. The van der Waals surface area contributed by atoms with Gasteiger partial charge in [0.25, 0.3) is 0 Å². The maximum Gasteiger partial charge on any atom is 0.235 e. The average Bonchev–Trinajstić information content (AvgIpc) is 2.38. The lowest BCUT2D eigenvalue weighted by Crippen LogP contribution is -2.61. The van der Waals surface area contributed by atoms with Crippen molar-refractivity contribution < 1.29 is 4.79 Å². The van der Waals surface area contributed by atoms with Gasteiger partial charge in [-0.05, 0) is 32.9 Å². The highest BCUT2D eigenvalue weighted by atomic mass is 16.1. The zero-order valence-corrected chi connectivity index (χ0v) is 12.3. The standard InChI is InChI=1S/C14H28N4O/c1-3-16-13(14(15)19)10-18-9-12-6-4-5-7-17(12)8-11(18)2/h11-13,16H,3-10H2,1-2H3,(H2,15,19). The van der Waals surface area contributed by atoms with Gasteiger partial charge in [-0.25, -0.2) is 0 Å². The van der Waals surface area contributed by atoms with Crippen LogP contribution in [0.5, 0.6) is 0 Å². The summed E-state index contributed by atoms with van der Waals surface area (Å²) in [6.45, 7) is 9.25. The second-order valence-electron chi connectivity index (χ2n) is 5.96. The van der Waals surface area contributed by atoms with Crippen LogP contribution in [0.4, 0.5) is 0 Å². The van der Waals surface area contributed by atoms with E-state index in [0.29, 0.717) is 12.1 Å². The van der Waals surface area contributed by atoms with Crippen molar-refractivity contribution in [1.82, 2.24) is 15.1 Å². The Bertz CT molecular complexity index is 310. The number of nitrogens with zero attached hydrogens (tertiary/aromatic N) is 2. The summed E-state index contributed by atoms with van der Waals surface area (Å²) in [5.74, 6) is -0.236. The minimum atomic E-state index is -0.236. The largest absolute Gasteiger partial charge is 0.368 e. The molecule has 5 nitrogen and oxygen atoms in total. The van der Waals surface area contributed by atoms with Gasteiger partial charge < -0.3 is 11.1 Å². The Labute approximate surface area is 116 Å². The molecular formula is C14H28N4O. The van der Waals surface area contributed by atoms with E-state index >= 15 is 0 Å². The molecule has 0 spiro atoms. The number of primary amides is 1. The van der Waals surface area contributed by atoms with Crippen molar-refractivity contribution in [3.63, 3.8) is 0 Å². The third-order valence-electron chi connectivity index (χ3n) is 4.53. The molecule has 3 N–H and O–H groups in total. The van der Waals surface area contributed by atoms with Gasteiger partial charge in [0.15, 0.2) is 0 Å². The fraction of sp³-hybridized carbons (Fsp3) is 0.929. The van der Waals surface area contributed by atoms with Gasteiger partial charge in [0.2, 0.25) is 5.91 Å². The molecule has 0 saturated carbocycles. The van der Waals surface area contributed by atoms with Gasteiger partial charge in [-0.15, -0.1) is 0 Å². The molecule has 0 aliphatic carbocycles. The molecule has 5 heteroatoms. The summed E-state index contributed by atoms with van der Waals surface area (Å²) in [5.41, 5.74) is 5.48. The number of hydrogen-bond acceptors (Lipinski definition) is 4. The topological polar surface area (TPSA) is 61.6 Å². The molecule has 0 aromatic rings. The SMILES string of the molecule is CCNC(CN1CC2CCCCN2CC1C)C(N)=O. The van der Waals surface area contributed by atoms with Crippen LogP contribution >= 0.6 is 0 Å². The molecule has 0 aromatic carbocycles. The molecule has 110 valence electrons. The van der Waals surface area contributed by atoms with Gasteiger partial charge in [0.05, 0.1) is 6.04 Å². The van der Waals surface area contributed by atoms with E-state index in [1.54, 1.807) is 0 Å². The Morgan fingerprint density at radius 1 is 1.42 bits per heavy atom. The van der Waals surface area contributed by atoms with E-state index in [1.807, 2.05) is 6.92 Å². The van der Waals surface area contributed by atoms with Crippen LogP contribution in [0.3, 0.4) is 0 Å². The van der Waals surface area contributed by atoms with Crippen molar-refractivity contribution in [3.8, 4) is 0 Å². The highest BCUT2D eigenvalue weighted by Crippen LogP contribution is 2.23. The Morgan fingerprint density at radius 3 is 2.89 bits per heavy atom. The Morgan fingerprint density at radius 2 is 2.21 bits per heavy atom. The summed E-state index contributed by atoms with van der Waals surface area (Å²) in [5, 5.41) is 3.19. The molecule has 2 saturated heterocycles. The van der Waals surface area contributed by atoms with Gasteiger partial charge in [0, 0.05) is 31.7 Å². The monoisotopic (exact) mass is 268 g/mol. The van der Waals surface area contributed by atoms with Crippen LogP contribution < -0.4 is 11.1 Å². The molecule has 19 heavy (non-hydrogen) atoms. The van der Waals surface area contributed by atoms with Gasteiger partial charge in [-0.3, -0.25) is 14.6 Å². The lowest BCUT2D eigenvalue weighted by Gasteiger charge is -2.48.